The van der Waals surface area contributed by atoms with Gasteiger partial charge in [-0.25, -0.2) is 0 Å². The summed E-state index contributed by atoms with van der Waals surface area (Å²) < 4.78 is 12.9. The molecule has 2 nitrogen and oxygen atoms in total. The number of fused-ring (bicyclic) bond motifs is 12. The first-order valence-electron chi connectivity index (χ1n) is 15.4. The smallest absolute Gasteiger partial charge is 0.143 e. The average molecular weight is 575 g/mol. The summed E-state index contributed by atoms with van der Waals surface area (Å²) in [7, 11) is 0. The quantitative estimate of drug-likeness (QED) is 0.192. The zero-order valence-electron chi connectivity index (χ0n) is 24.6. The van der Waals surface area contributed by atoms with Gasteiger partial charge in [0.05, 0.1) is 0 Å². The Morgan fingerprint density at radius 3 is 1.33 bits per heavy atom. The van der Waals surface area contributed by atoms with Crippen molar-refractivity contribution < 1.29 is 8.83 Å². The first-order chi connectivity index (χ1) is 22.2. The molecule has 0 aliphatic rings. The first kappa shape index (κ1) is 24.6. The van der Waals surface area contributed by atoms with E-state index in [1.165, 1.54) is 37.9 Å². The molecule has 45 heavy (non-hydrogen) atoms. The molecule has 8 aromatic carbocycles. The third-order valence-corrected chi connectivity index (χ3v) is 9.52. The fraction of sp³-hybridized carbons (Fsp3) is 0.0233. The zero-order chi connectivity index (χ0) is 29.6. The second-order valence-corrected chi connectivity index (χ2v) is 12.1. The standard InChI is InChI=1S/C43H26O2/c1-25-16-19-30-31-20-17-26(28-10-6-12-35-33-8-2-4-14-40(33)44-42(28)35)23-38(31)39-24-27(18-21-32(39)37(30)22-25)29-11-7-13-36-34-9-3-5-15-41(34)45-43(29)36/h2-24H,1H3. The minimum absolute atomic E-state index is 0.914. The van der Waals surface area contributed by atoms with Gasteiger partial charge in [0, 0.05) is 32.7 Å². The summed E-state index contributed by atoms with van der Waals surface area (Å²) in [5, 5.41) is 12.1. The number of aryl methyl sites for hydroxylation is 1. The highest BCUT2D eigenvalue weighted by molar-refractivity contribution is 6.27. The highest BCUT2D eigenvalue weighted by Crippen LogP contribution is 2.43. The lowest BCUT2D eigenvalue weighted by Crippen LogP contribution is -1.88. The molecule has 0 aliphatic heterocycles. The van der Waals surface area contributed by atoms with E-state index in [0.717, 1.165) is 66.1 Å². The van der Waals surface area contributed by atoms with Gasteiger partial charge >= 0.3 is 0 Å². The number of para-hydroxylation sites is 4. The molecule has 0 atom stereocenters. The maximum absolute atomic E-state index is 6.46. The minimum Gasteiger partial charge on any atom is -0.455 e. The van der Waals surface area contributed by atoms with Gasteiger partial charge < -0.3 is 8.83 Å². The maximum Gasteiger partial charge on any atom is 0.143 e. The van der Waals surface area contributed by atoms with Gasteiger partial charge in [-0.3, -0.25) is 0 Å². The van der Waals surface area contributed by atoms with Crippen molar-refractivity contribution in [2.24, 2.45) is 0 Å². The van der Waals surface area contributed by atoms with Gasteiger partial charge in [-0.1, -0.05) is 121 Å². The third-order valence-electron chi connectivity index (χ3n) is 9.52. The van der Waals surface area contributed by atoms with Gasteiger partial charge in [-0.15, -0.1) is 0 Å². The van der Waals surface area contributed by atoms with Gasteiger partial charge in [-0.2, -0.15) is 0 Å². The van der Waals surface area contributed by atoms with E-state index in [-0.39, 0.29) is 0 Å². The van der Waals surface area contributed by atoms with Crippen LogP contribution in [-0.2, 0) is 0 Å². The molecule has 0 unspecified atom stereocenters. The van der Waals surface area contributed by atoms with E-state index >= 15 is 0 Å². The molecule has 0 aliphatic carbocycles. The number of furan rings is 2. The molecule has 0 saturated heterocycles. The zero-order valence-corrected chi connectivity index (χ0v) is 24.6. The lowest BCUT2D eigenvalue weighted by atomic mass is 9.89. The van der Waals surface area contributed by atoms with Crippen molar-refractivity contribution >= 4 is 76.2 Å². The van der Waals surface area contributed by atoms with E-state index < -0.39 is 0 Å². The van der Waals surface area contributed by atoms with Crippen LogP contribution < -0.4 is 0 Å². The molecule has 0 bridgehead atoms. The second kappa shape index (κ2) is 9.07. The monoisotopic (exact) mass is 574 g/mol. The summed E-state index contributed by atoms with van der Waals surface area (Å²) in [5.74, 6) is 0. The summed E-state index contributed by atoms with van der Waals surface area (Å²) in [6.07, 6.45) is 0. The summed E-state index contributed by atoms with van der Waals surface area (Å²) >= 11 is 0. The Bertz CT molecular complexity index is 2830. The van der Waals surface area contributed by atoms with Crippen LogP contribution in [0.15, 0.2) is 148 Å². The molecule has 0 radical (unpaired) electrons. The van der Waals surface area contributed by atoms with Gasteiger partial charge in [-0.05, 0) is 74.6 Å². The summed E-state index contributed by atoms with van der Waals surface area (Å²) in [6.45, 7) is 2.17. The fourth-order valence-corrected chi connectivity index (χ4v) is 7.40. The van der Waals surface area contributed by atoms with Crippen molar-refractivity contribution in [1.29, 1.82) is 0 Å². The van der Waals surface area contributed by atoms with Crippen LogP contribution in [0.25, 0.3) is 98.4 Å². The van der Waals surface area contributed by atoms with E-state index in [0.29, 0.717) is 0 Å². The van der Waals surface area contributed by atoms with Crippen LogP contribution in [0.3, 0.4) is 0 Å². The first-order valence-corrected chi connectivity index (χ1v) is 15.4. The number of rotatable bonds is 2. The molecule has 10 rings (SSSR count). The molecule has 0 N–H and O–H groups in total. The Morgan fingerprint density at radius 1 is 0.333 bits per heavy atom. The Morgan fingerprint density at radius 2 is 0.778 bits per heavy atom. The Balaban J connectivity index is 1.28. The van der Waals surface area contributed by atoms with Crippen molar-refractivity contribution in [3.05, 3.63) is 145 Å². The Labute approximate surface area is 258 Å². The van der Waals surface area contributed by atoms with Crippen molar-refractivity contribution in [3.63, 3.8) is 0 Å². The van der Waals surface area contributed by atoms with Gasteiger partial charge in [0.2, 0.25) is 0 Å². The molecule has 2 heterocycles. The van der Waals surface area contributed by atoms with Crippen LogP contribution in [0, 0.1) is 6.92 Å². The molecule has 10 aromatic rings. The van der Waals surface area contributed by atoms with Crippen LogP contribution in [0.2, 0.25) is 0 Å². The van der Waals surface area contributed by atoms with Crippen LogP contribution in [0.4, 0.5) is 0 Å². The van der Waals surface area contributed by atoms with Gasteiger partial charge in [0.15, 0.2) is 0 Å². The van der Waals surface area contributed by atoms with Gasteiger partial charge in [0.1, 0.15) is 22.3 Å². The van der Waals surface area contributed by atoms with E-state index in [9.17, 15) is 0 Å². The molecule has 210 valence electrons. The summed E-state index contributed by atoms with van der Waals surface area (Å²) in [4.78, 5) is 0. The van der Waals surface area contributed by atoms with Crippen LogP contribution >= 0.6 is 0 Å². The molecular formula is C43H26O2. The molecule has 0 saturated carbocycles. The van der Waals surface area contributed by atoms with Crippen LogP contribution in [0.5, 0.6) is 0 Å². The normalized spacial score (nSPS) is 12.1. The van der Waals surface area contributed by atoms with Crippen molar-refractivity contribution in [1.82, 2.24) is 0 Å². The molecule has 0 spiro atoms. The lowest BCUT2D eigenvalue weighted by molar-refractivity contribution is 0.669. The van der Waals surface area contributed by atoms with Crippen LogP contribution in [-0.4, -0.2) is 0 Å². The van der Waals surface area contributed by atoms with E-state index in [1.54, 1.807) is 0 Å². The molecule has 0 fully saturated rings. The average Bonchev–Trinajstić information content (AvgIpc) is 3.66. The predicted octanol–water partition coefficient (Wildman–Crippen LogP) is 12.6. The Kier molecular flexibility index (Phi) is 4.95. The molecule has 2 aromatic heterocycles. The summed E-state index contributed by atoms with van der Waals surface area (Å²) in [6, 6.07) is 50.1. The van der Waals surface area contributed by atoms with Crippen molar-refractivity contribution in [2.75, 3.05) is 0 Å². The topological polar surface area (TPSA) is 26.3 Å². The van der Waals surface area contributed by atoms with E-state index in [4.69, 9.17) is 8.83 Å². The van der Waals surface area contributed by atoms with Crippen molar-refractivity contribution in [3.8, 4) is 22.3 Å². The number of hydrogen-bond donors (Lipinski definition) is 0. The predicted molar refractivity (Wildman–Crippen MR) is 189 cm³/mol. The number of benzene rings is 8. The molecule has 2 heteroatoms. The minimum atomic E-state index is 0.914. The number of hydrogen-bond acceptors (Lipinski definition) is 2. The van der Waals surface area contributed by atoms with Crippen LogP contribution in [0.1, 0.15) is 5.56 Å². The fourth-order valence-electron chi connectivity index (χ4n) is 7.40. The maximum atomic E-state index is 6.46. The van der Waals surface area contributed by atoms with Gasteiger partial charge in [0.25, 0.3) is 0 Å². The molecular weight excluding hydrogens is 548 g/mol. The lowest BCUT2D eigenvalue weighted by Gasteiger charge is -2.14. The third kappa shape index (κ3) is 3.51. The molecule has 0 amide bonds. The summed E-state index contributed by atoms with van der Waals surface area (Å²) in [5.41, 5.74) is 9.43. The van der Waals surface area contributed by atoms with E-state index in [2.05, 4.69) is 122 Å². The highest BCUT2D eigenvalue weighted by atomic mass is 16.3. The van der Waals surface area contributed by atoms with Crippen molar-refractivity contribution in [2.45, 2.75) is 6.92 Å². The second-order valence-electron chi connectivity index (χ2n) is 12.1. The van der Waals surface area contributed by atoms with E-state index in [1.807, 2.05) is 24.3 Å². The highest BCUT2D eigenvalue weighted by Gasteiger charge is 2.17. The largest absolute Gasteiger partial charge is 0.455 e. The SMILES string of the molecule is Cc1ccc2c3ccc(-c4cccc5c4oc4ccccc45)cc3c3cc(-c4cccc5c4oc4ccccc45)ccc3c2c1. The Hall–Kier alpha value is -5.86.